The summed E-state index contributed by atoms with van der Waals surface area (Å²) >= 11 is 0. The molecule has 2 heterocycles. The number of nitrogens with one attached hydrogen (secondary N) is 4. The van der Waals surface area contributed by atoms with E-state index in [1.807, 2.05) is 13.8 Å². The number of hydrogen-bond acceptors (Lipinski definition) is 13. The van der Waals surface area contributed by atoms with E-state index >= 15 is 0 Å². The molecule has 1 aromatic rings. The molecule has 0 aromatic heterocycles. The van der Waals surface area contributed by atoms with Crippen LogP contribution in [0.5, 0.6) is 5.75 Å². The number of phenols is 1. The molecule has 2 fully saturated rings. The molecule has 0 radical (unpaired) electrons. The predicted octanol–water partition coefficient (Wildman–Crippen LogP) is -0.0585. The highest BCUT2D eigenvalue weighted by molar-refractivity contribution is 5.99. The van der Waals surface area contributed by atoms with Crippen LogP contribution in [-0.2, 0) is 64.0 Å². The Morgan fingerprint density at radius 2 is 1.49 bits per heavy atom. The zero-order valence-electron chi connectivity index (χ0n) is 40.1. The van der Waals surface area contributed by atoms with Crippen molar-refractivity contribution in [2.75, 3.05) is 19.6 Å². The van der Waals surface area contributed by atoms with Gasteiger partial charge in [-0.05, 0) is 68.1 Å². The summed E-state index contributed by atoms with van der Waals surface area (Å²) in [6, 6.07) is 2.09. The average molecular weight is 967 g/mol. The summed E-state index contributed by atoms with van der Waals surface area (Å²) in [4.78, 5) is 162. The third-order valence-corrected chi connectivity index (χ3v) is 12.7. The Labute approximate surface area is 401 Å². The van der Waals surface area contributed by atoms with Crippen LogP contribution in [0, 0.1) is 35.5 Å². The molecular weight excluding hydrogens is 897 g/mol. The van der Waals surface area contributed by atoms with Crippen molar-refractivity contribution < 1.29 is 62.6 Å². The molecule has 3 rings (SSSR count). The number of phenolic OH excluding ortho intramolecular Hbond substituents is 1. The van der Waals surface area contributed by atoms with Crippen molar-refractivity contribution in [3.63, 3.8) is 0 Å². The molecule has 380 valence electrons. The van der Waals surface area contributed by atoms with E-state index in [1.165, 1.54) is 17.0 Å². The molecule has 2 aliphatic heterocycles. The molecule has 21 heteroatoms. The fourth-order valence-corrected chi connectivity index (χ4v) is 8.75. The zero-order chi connectivity index (χ0) is 51.5. The van der Waals surface area contributed by atoms with Crippen molar-refractivity contribution >= 4 is 70.4 Å². The van der Waals surface area contributed by atoms with Crippen molar-refractivity contribution in [2.45, 2.75) is 136 Å². The van der Waals surface area contributed by atoms with Crippen LogP contribution in [0.25, 0.3) is 0 Å². The lowest BCUT2D eigenvalue weighted by Gasteiger charge is -2.30. The predicted molar refractivity (Wildman–Crippen MR) is 248 cm³/mol. The molecule has 0 bridgehead atoms. The Kier molecular flexibility index (Phi) is 22.6. The molecule has 69 heavy (non-hydrogen) atoms. The summed E-state index contributed by atoms with van der Waals surface area (Å²) in [5, 5.41) is 20.1. The van der Waals surface area contributed by atoms with Gasteiger partial charge in [-0.3, -0.25) is 57.5 Å². The SMILES string of the molecule is CC[C@H](C)[C@H]1NC(=O)[C@H](Cc2ccc(O)cc2)CC(=O)CNC(=O)CC[C@@H](C(=O)N2CCC[C@H]2C(=O)C[C@@H](CC(C)C)C(=O)NCC(N)=O)CC(=O)[C@H](CC(N)=O)NC(=O)[C@H](CCC(N)=O)CC1=O. The molecule has 2 saturated heterocycles. The molecule has 2 aliphatic rings. The van der Waals surface area contributed by atoms with Gasteiger partial charge in [-0.1, -0.05) is 46.2 Å². The van der Waals surface area contributed by atoms with Gasteiger partial charge in [0.1, 0.15) is 5.75 Å². The number of aromatic hydroxyl groups is 1. The second kappa shape index (κ2) is 27.5. The highest BCUT2D eigenvalue weighted by atomic mass is 16.3. The van der Waals surface area contributed by atoms with Crippen molar-refractivity contribution in [1.29, 1.82) is 0 Å². The smallest absolute Gasteiger partial charge is 0.236 e. The van der Waals surface area contributed by atoms with Crippen LogP contribution in [0.15, 0.2) is 24.3 Å². The largest absolute Gasteiger partial charge is 0.508 e. The normalized spacial score (nSPS) is 23.5. The molecule has 8 atom stereocenters. The van der Waals surface area contributed by atoms with Gasteiger partial charge < -0.3 is 48.5 Å². The van der Waals surface area contributed by atoms with Crippen molar-refractivity contribution in [3.05, 3.63) is 29.8 Å². The maximum absolute atomic E-state index is 14.6. The summed E-state index contributed by atoms with van der Waals surface area (Å²) in [6.45, 7) is 6.30. The highest BCUT2D eigenvalue weighted by Gasteiger charge is 2.41. The Morgan fingerprint density at radius 1 is 0.826 bits per heavy atom. The number of carbonyl (C=O) groups is 12. The van der Waals surface area contributed by atoms with Crippen LogP contribution < -0.4 is 38.5 Å². The molecule has 1 aromatic carbocycles. The van der Waals surface area contributed by atoms with Gasteiger partial charge in [0.25, 0.3) is 0 Å². The third-order valence-electron chi connectivity index (χ3n) is 12.7. The van der Waals surface area contributed by atoms with Crippen LogP contribution >= 0.6 is 0 Å². The fraction of sp³-hybridized carbons (Fsp3) is 0.625. The number of rotatable bonds is 18. The van der Waals surface area contributed by atoms with Crippen LogP contribution in [0.3, 0.4) is 0 Å². The zero-order valence-corrected chi connectivity index (χ0v) is 40.1. The number of carbonyl (C=O) groups excluding carboxylic acids is 12. The Balaban J connectivity index is 2.06. The van der Waals surface area contributed by atoms with E-state index in [0.717, 1.165) is 0 Å². The number of Topliss-reactive ketones (excluding diaryl/α,β-unsaturated/α-hetero) is 4. The number of benzene rings is 1. The minimum atomic E-state index is -1.65. The topological polar surface area (TPSA) is 354 Å². The lowest BCUT2D eigenvalue weighted by atomic mass is 9.86. The Bertz CT molecular complexity index is 2080. The Hall–Kier alpha value is -6.54. The standard InChI is InChI=1S/C48H70N8O13/c1-5-27(4)44-39(61)20-29(10-14-40(49)62)46(67)54-35(23-41(50)63)37(59)21-30(11-15-43(65)52-24-34(58)19-32(47(68)55-44)18-28-8-12-33(57)13-9-28)48(69)56-16-6-7-36(56)38(60)22-31(17-26(2)3)45(66)53-25-42(51)64/h8-9,12-13,26-27,29-32,35-36,44,57H,5-7,10-11,14-25H2,1-4H3,(H2,49,62)(H2,50,63)(H2,51,64)(H,52,65)(H,53,66)(H,54,67)(H,55,68)/t27-,29+,30+,31+,32+,35-,36-,44+/m0/s1. The van der Waals surface area contributed by atoms with Gasteiger partial charge in [-0.2, -0.15) is 0 Å². The van der Waals surface area contributed by atoms with Gasteiger partial charge in [0.2, 0.25) is 47.3 Å². The monoisotopic (exact) mass is 967 g/mol. The minimum Gasteiger partial charge on any atom is -0.508 e. The number of nitrogens with two attached hydrogens (primary N) is 3. The van der Waals surface area contributed by atoms with E-state index in [4.69, 9.17) is 17.2 Å². The van der Waals surface area contributed by atoms with Crippen LogP contribution in [0.1, 0.15) is 117 Å². The number of primary amides is 3. The fourth-order valence-electron chi connectivity index (χ4n) is 8.75. The van der Waals surface area contributed by atoms with Gasteiger partial charge in [0.15, 0.2) is 23.1 Å². The second-order valence-electron chi connectivity index (χ2n) is 18.8. The quantitative estimate of drug-likeness (QED) is 0.0958. The van der Waals surface area contributed by atoms with Gasteiger partial charge in [0.05, 0.1) is 37.6 Å². The maximum Gasteiger partial charge on any atom is 0.236 e. The molecule has 11 N–H and O–H groups in total. The van der Waals surface area contributed by atoms with E-state index < -0.39 is 157 Å². The van der Waals surface area contributed by atoms with Gasteiger partial charge in [0, 0.05) is 68.7 Å². The summed E-state index contributed by atoms with van der Waals surface area (Å²) in [5.74, 6) is -13.7. The maximum atomic E-state index is 14.6. The van der Waals surface area contributed by atoms with E-state index in [-0.39, 0.29) is 69.6 Å². The van der Waals surface area contributed by atoms with Crippen LogP contribution in [0.2, 0.25) is 0 Å². The molecule has 21 nitrogen and oxygen atoms in total. The number of hydrogen-bond donors (Lipinski definition) is 8. The van der Waals surface area contributed by atoms with E-state index in [0.29, 0.717) is 18.4 Å². The molecule has 8 amide bonds. The number of ketones is 4. The lowest BCUT2D eigenvalue weighted by molar-refractivity contribution is -0.144. The highest BCUT2D eigenvalue weighted by Crippen LogP contribution is 2.29. The third kappa shape index (κ3) is 18.8. The van der Waals surface area contributed by atoms with Gasteiger partial charge >= 0.3 is 0 Å². The minimum absolute atomic E-state index is 0.00317. The van der Waals surface area contributed by atoms with Gasteiger partial charge in [-0.15, -0.1) is 0 Å². The number of nitrogens with zero attached hydrogens (tertiary/aromatic N) is 1. The molecule has 0 spiro atoms. The number of amides is 8. The van der Waals surface area contributed by atoms with Crippen molar-refractivity contribution in [3.8, 4) is 5.75 Å². The molecular formula is C48H70N8O13. The van der Waals surface area contributed by atoms with Crippen LogP contribution in [0.4, 0.5) is 0 Å². The van der Waals surface area contributed by atoms with Crippen LogP contribution in [-0.4, -0.2) is 118 Å². The lowest BCUT2D eigenvalue weighted by Crippen LogP contribution is -2.51. The summed E-state index contributed by atoms with van der Waals surface area (Å²) in [6.07, 6.45) is -2.67. The van der Waals surface area contributed by atoms with Crippen molar-refractivity contribution in [2.24, 2.45) is 52.7 Å². The molecule has 0 saturated carbocycles. The average Bonchev–Trinajstić information content (AvgIpc) is 3.78. The first kappa shape index (κ1) is 56.8. The second-order valence-corrected chi connectivity index (χ2v) is 18.8. The first-order chi connectivity index (χ1) is 32.5. The van der Waals surface area contributed by atoms with Gasteiger partial charge in [-0.25, -0.2) is 0 Å². The first-order valence-electron chi connectivity index (χ1n) is 23.7. The summed E-state index contributed by atoms with van der Waals surface area (Å²) in [7, 11) is 0. The summed E-state index contributed by atoms with van der Waals surface area (Å²) < 4.78 is 0. The molecule has 0 unspecified atom stereocenters. The van der Waals surface area contributed by atoms with Crippen molar-refractivity contribution in [1.82, 2.24) is 26.2 Å². The number of likely N-dealkylation sites (tertiary alicyclic amines) is 1. The van der Waals surface area contributed by atoms with E-state index in [2.05, 4.69) is 21.3 Å². The van der Waals surface area contributed by atoms with E-state index in [9.17, 15) is 62.6 Å². The summed E-state index contributed by atoms with van der Waals surface area (Å²) in [5.41, 5.74) is 16.8. The molecule has 0 aliphatic carbocycles. The Morgan fingerprint density at radius 3 is 2.10 bits per heavy atom. The van der Waals surface area contributed by atoms with E-state index in [1.54, 1.807) is 26.0 Å². The first-order valence-corrected chi connectivity index (χ1v) is 23.7.